The van der Waals surface area contributed by atoms with Gasteiger partial charge in [-0.25, -0.2) is 0 Å². The van der Waals surface area contributed by atoms with Crippen LogP contribution in [0.4, 0.5) is 0 Å². The maximum atomic E-state index is 5.58. The lowest BCUT2D eigenvalue weighted by molar-refractivity contribution is 0.0842. The minimum absolute atomic E-state index is 0.192. The predicted octanol–water partition coefficient (Wildman–Crippen LogP) is 3.54. The SMILES string of the molecule is C[C@@H](/C=C/I)OCc1ccccc1. The molecular formula is C11H13IO. The first-order valence-electron chi connectivity index (χ1n) is 4.25. The van der Waals surface area contributed by atoms with Gasteiger partial charge < -0.3 is 4.74 Å². The molecule has 0 aliphatic rings. The molecule has 1 aromatic rings. The number of hydrogen-bond acceptors (Lipinski definition) is 1. The average Bonchev–Trinajstić information content (AvgIpc) is 2.17. The van der Waals surface area contributed by atoms with E-state index in [1.807, 2.05) is 35.3 Å². The fraction of sp³-hybridized carbons (Fsp3) is 0.273. The third-order valence-electron chi connectivity index (χ3n) is 1.70. The monoisotopic (exact) mass is 288 g/mol. The van der Waals surface area contributed by atoms with Gasteiger partial charge in [-0.15, -0.1) is 0 Å². The third-order valence-corrected chi connectivity index (χ3v) is 2.11. The lowest BCUT2D eigenvalue weighted by atomic mass is 10.2. The van der Waals surface area contributed by atoms with Crippen LogP contribution >= 0.6 is 22.6 Å². The van der Waals surface area contributed by atoms with E-state index in [2.05, 4.69) is 34.7 Å². The zero-order valence-electron chi connectivity index (χ0n) is 7.61. The second-order valence-electron chi connectivity index (χ2n) is 2.82. The summed E-state index contributed by atoms with van der Waals surface area (Å²) in [5.41, 5.74) is 1.22. The second-order valence-corrected chi connectivity index (χ2v) is 3.54. The van der Waals surface area contributed by atoms with Crippen molar-refractivity contribution in [3.8, 4) is 0 Å². The maximum Gasteiger partial charge on any atom is 0.0739 e. The first-order valence-corrected chi connectivity index (χ1v) is 5.50. The van der Waals surface area contributed by atoms with Gasteiger partial charge in [-0.05, 0) is 16.6 Å². The van der Waals surface area contributed by atoms with E-state index >= 15 is 0 Å². The largest absolute Gasteiger partial charge is 0.370 e. The molecule has 13 heavy (non-hydrogen) atoms. The molecule has 1 rings (SSSR count). The molecule has 0 bridgehead atoms. The Morgan fingerprint density at radius 3 is 2.69 bits per heavy atom. The minimum atomic E-state index is 0.192. The van der Waals surface area contributed by atoms with Crippen molar-refractivity contribution in [2.24, 2.45) is 0 Å². The van der Waals surface area contributed by atoms with Gasteiger partial charge in [0.2, 0.25) is 0 Å². The van der Waals surface area contributed by atoms with Crippen molar-refractivity contribution in [3.63, 3.8) is 0 Å². The maximum absolute atomic E-state index is 5.58. The molecule has 0 spiro atoms. The van der Waals surface area contributed by atoms with Crippen LogP contribution in [0, 0.1) is 0 Å². The number of ether oxygens (including phenoxy) is 1. The van der Waals surface area contributed by atoms with Crippen LogP contribution in [0.3, 0.4) is 0 Å². The normalized spacial score (nSPS) is 13.4. The quantitative estimate of drug-likeness (QED) is 0.770. The minimum Gasteiger partial charge on any atom is -0.370 e. The van der Waals surface area contributed by atoms with Gasteiger partial charge >= 0.3 is 0 Å². The Morgan fingerprint density at radius 2 is 2.08 bits per heavy atom. The first kappa shape index (κ1) is 10.7. The molecule has 70 valence electrons. The van der Waals surface area contributed by atoms with Crippen LogP contribution in [-0.4, -0.2) is 6.10 Å². The Bertz CT molecular complexity index is 256. The molecule has 0 saturated heterocycles. The smallest absolute Gasteiger partial charge is 0.0739 e. The summed E-state index contributed by atoms with van der Waals surface area (Å²) >= 11 is 2.20. The van der Waals surface area contributed by atoms with Gasteiger partial charge in [0.25, 0.3) is 0 Å². The molecule has 0 aliphatic heterocycles. The molecule has 0 amide bonds. The number of benzene rings is 1. The van der Waals surface area contributed by atoms with E-state index in [0.717, 1.165) is 0 Å². The van der Waals surface area contributed by atoms with Gasteiger partial charge in [-0.1, -0.05) is 59.0 Å². The number of halogens is 1. The Balaban J connectivity index is 2.35. The zero-order chi connectivity index (χ0) is 9.52. The molecule has 0 N–H and O–H groups in total. The summed E-state index contributed by atoms with van der Waals surface area (Å²) in [5, 5.41) is 0. The van der Waals surface area contributed by atoms with Crippen LogP contribution in [0.1, 0.15) is 12.5 Å². The van der Waals surface area contributed by atoms with E-state index in [1.165, 1.54) is 5.56 Å². The molecule has 1 atom stereocenters. The van der Waals surface area contributed by atoms with Crippen molar-refractivity contribution >= 4 is 22.6 Å². The van der Waals surface area contributed by atoms with Crippen molar-refractivity contribution in [2.45, 2.75) is 19.6 Å². The molecule has 1 nitrogen and oxygen atoms in total. The molecule has 0 unspecified atom stereocenters. The molecular weight excluding hydrogens is 275 g/mol. The second kappa shape index (κ2) is 6.16. The zero-order valence-corrected chi connectivity index (χ0v) is 9.77. The topological polar surface area (TPSA) is 9.23 Å². The van der Waals surface area contributed by atoms with Crippen LogP contribution in [0.5, 0.6) is 0 Å². The van der Waals surface area contributed by atoms with Gasteiger partial charge in [-0.2, -0.15) is 0 Å². The van der Waals surface area contributed by atoms with Gasteiger partial charge in [-0.3, -0.25) is 0 Å². The Labute approximate surface area is 92.9 Å². The highest BCUT2D eigenvalue weighted by Gasteiger charge is 1.96. The first-order chi connectivity index (χ1) is 6.33. The standard InChI is InChI=1S/C11H13IO/c1-10(7-8-12)13-9-11-5-3-2-4-6-11/h2-8,10H,9H2,1H3/b8-7+/t10-/m0/s1. The van der Waals surface area contributed by atoms with Gasteiger partial charge in [0.05, 0.1) is 12.7 Å². The van der Waals surface area contributed by atoms with Crippen molar-refractivity contribution in [3.05, 3.63) is 46.1 Å². The molecule has 1 aromatic carbocycles. The van der Waals surface area contributed by atoms with Crippen LogP contribution < -0.4 is 0 Å². The molecule has 0 aliphatic carbocycles. The lowest BCUT2D eigenvalue weighted by Crippen LogP contribution is -2.03. The highest BCUT2D eigenvalue weighted by Crippen LogP contribution is 2.04. The Hall–Kier alpha value is -0.350. The highest BCUT2D eigenvalue weighted by atomic mass is 127. The molecule has 0 aromatic heterocycles. The van der Waals surface area contributed by atoms with Crippen LogP contribution in [0.15, 0.2) is 40.5 Å². The summed E-state index contributed by atoms with van der Waals surface area (Å²) in [7, 11) is 0. The average molecular weight is 288 g/mol. The summed E-state index contributed by atoms with van der Waals surface area (Å²) in [6.07, 6.45) is 2.22. The predicted molar refractivity (Wildman–Crippen MR) is 63.9 cm³/mol. The Kier molecular flexibility index (Phi) is 5.08. The van der Waals surface area contributed by atoms with E-state index in [-0.39, 0.29) is 6.10 Å². The number of hydrogen-bond donors (Lipinski definition) is 0. The fourth-order valence-corrected chi connectivity index (χ4v) is 1.54. The van der Waals surface area contributed by atoms with Gasteiger partial charge in [0, 0.05) is 0 Å². The van der Waals surface area contributed by atoms with E-state index in [4.69, 9.17) is 4.74 Å². The van der Waals surface area contributed by atoms with Crippen LogP contribution in [0.2, 0.25) is 0 Å². The summed E-state index contributed by atoms with van der Waals surface area (Å²) in [6.45, 7) is 2.72. The van der Waals surface area contributed by atoms with E-state index in [0.29, 0.717) is 6.61 Å². The molecule has 0 heterocycles. The van der Waals surface area contributed by atoms with Crippen molar-refractivity contribution in [1.29, 1.82) is 0 Å². The summed E-state index contributed by atoms with van der Waals surface area (Å²) in [4.78, 5) is 0. The molecule has 0 saturated carbocycles. The van der Waals surface area contributed by atoms with E-state index in [9.17, 15) is 0 Å². The fourth-order valence-electron chi connectivity index (χ4n) is 0.960. The van der Waals surface area contributed by atoms with Gasteiger partial charge in [0.15, 0.2) is 0 Å². The molecule has 0 fully saturated rings. The molecule has 0 radical (unpaired) electrons. The van der Waals surface area contributed by atoms with E-state index in [1.54, 1.807) is 0 Å². The Morgan fingerprint density at radius 1 is 1.38 bits per heavy atom. The van der Waals surface area contributed by atoms with Crippen molar-refractivity contribution in [1.82, 2.24) is 0 Å². The van der Waals surface area contributed by atoms with Crippen molar-refractivity contribution < 1.29 is 4.74 Å². The van der Waals surface area contributed by atoms with Gasteiger partial charge in [0.1, 0.15) is 0 Å². The molecule has 2 heteroatoms. The summed E-state index contributed by atoms with van der Waals surface area (Å²) < 4.78 is 7.56. The van der Waals surface area contributed by atoms with E-state index < -0.39 is 0 Å². The van der Waals surface area contributed by atoms with Crippen molar-refractivity contribution in [2.75, 3.05) is 0 Å². The lowest BCUT2D eigenvalue weighted by Gasteiger charge is -2.07. The van der Waals surface area contributed by atoms with Crippen LogP contribution in [-0.2, 0) is 11.3 Å². The number of rotatable bonds is 4. The summed E-state index contributed by atoms with van der Waals surface area (Å²) in [6, 6.07) is 10.2. The summed E-state index contributed by atoms with van der Waals surface area (Å²) in [5.74, 6) is 0. The highest BCUT2D eigenvalue weighted by molar-refractivity contribution is 14.1. The van der Waals surface area contributed by atoms with Crippen LogP contribution in [0.25, 0.3) is 0 Å². The third kappa shape index (κ3) is 4.43.